The Balaban J connectivity index is 2.04. The van der Waals surface area contributed by atoms with E-state index < -0.39 is 5.97 Å². The standard InChI is InChI=1S/C21H14N2O3/c24-20-17-8-4-5-9-18(17)22-19(14-6-2-1-3-7-14)23(20)16-12-10-15(11-13-16)21(25)26/h1-13H,(H,25,26). The minimum atomic E-state index is -1.01. The van der Waals surface area contributed by atoms with Gasteiger partial charge in [-0.25, -0.2) is 9.78 Å². The smallest absolute Gasteiger partial charge is 0.335 e. The monoisotopic (exact) mass is 342 g/mol. The third-order valence-corrected chi connectivity index (χ3v) is 4.18. The van der Waals surface area contributed by atoms with Crippen molar-refractivity contribution in [3.05, 3.63) is 94.8 Å². The van der Waals surface area contributed by atoms with Crippen LogP contribution in [0.1, 0.15) is 10.4 Å². The number of rotatable bonds is 3. The highest BCUT2D eigenvalue weighted by Gasteiger charge is 2.14. The second kappa shape index (κ2) is 6.29. The van der Waals surface area contributed by atoms with Gasteiger partial charge in [0, 0.05) is 5.56 Å². The number of nitrogens with zero attached hydrogens (tertiary/aromatic N) is 2. The number of hydrogen-bond donors (Lipinski definition) is 1. The fourth-order valence-corrected chi connectivity index (χ4v) is 2.91. The maximum Gasteiger partial charge on any atom is 0.335 e. The first-order valence-electron chi connectivity index (χ1n) is 8.06. The topological polar surface area (TPSA) is 72.2 Å². The van der Waals surface area contributed by atoms with Crippen molar-refractivity contribution in [3.8, 4) is 17.1 Å². The molecule has 0 aliphatic carbocycles. The van der Waals surface area contributed by atoms with Crippen molar-refractivity contribution in [1.29, 1.82) is 0 Å². The molecule has 0 amide bonds. The molecule has 5 heteroatoms. The van der Waals surface area contributed by atoms with Gasteiger partial charge in [-0.1, -0.05) is 42.5 Å². The molecule has 1 aromatic heterocycles. The maximum atomic E-state index is 13.1. The van der Waals surface area contributed by atoms with Crippen LogP contribution in [0.2, 0.25) is 0 Å². The van der Waals surface area contributed by atoms with Crippen LogP contribution in [0.5, 0.6) is 0 Å². The summed E-state index contributed by atoms with van der Waals surface area (Å²) in [7, 11) is 0. The Morgan fingerprint density at radius 3 is 2.19 bits per heavy atom. The molecule has 0 saturated carbocycles. The molecule has 1 heterocycles. The van der Waals surface area contributed by atoms with Gasteiger partial charge < -0.3 is 5.11 Å². The first-order chi connectivity index (χ1) is 12.6. The van der Waals surface area contributed by atoms with Gasteiger partial charge in [0.1, 0.15) is 5.82 Å². The number of carboxylic acid groups (broad SMARTS) is 1. The Morgan fingerprint density at radius 2 is 1.50 bits per heavy atom. The summed E-state index contributed by atoms with van der Waals surface area (Å²) >= 11 is 0. The van der Waals surface area contributed by atoms with Crippen LogP contribution in [-0.4, -0.2) is 20.6 Å². The molecule has 4 rings (SSSR count). The lowest BCUT2D eigenvalue weighted by atomic mass is 10.1. The summed E-state index contributed by atoms with van der Waals surface area (Å²) in [5.74, 6) is -0.499. The first-order valence-corrected chi connectivity index (χ1v) is 8.06. The second-order valence-electron chi connectivity index (χ2n) is 5.81. The van der Waals surface area contributed by atoms with E-state index >= 15 is 0 Å². The fraction of sp³-hybridized carbons (Fsp3) is 0. The molecule has 0 saturated heterocycles. The molecule has 0 spiro atoms. The number of para-hydroxylation sites is 1. The van der Waals surface area contributed by atoms with Crippen LogP contribution in [-0.2, 0) is 0 Å². The Morgan fingerprint density at radius 1 is 0.846 bits per heavy atom. The summed E-state index contributed by atoms with van der Waals surface area (Å²) in [6, 6.07) is 22.8. The second-order valence-corrected chi connectivity index (χ2v) is 5.81. The van der Waals surface area contributed by atoms with Crippen molar-refractivity contribution in [2.45, 2.75) is 0 Å². The van der Waals surface area contributed by atoms with E-state index in [1.165, 1.54) is 16.7 Å². The van der Waals surface area contributed by atoms with Gasteiger partial charge in [0.25, 0.3) is 5.56 Å². The third-order valence-electron chi connectivity index (χ3n) is 4.18. The van der Waals surface area contributed by atoms with Crippen LogP contribution in [0.4, 0.5) is 0 Å². The highest BCUT2D eigenvalue weighted by Crippen LogP contribution is 2.22. The molecule has 126 valence electrons. The lowest BCUT2D eigenvalue weighted by Crippen LogP contribution is -2.22. The van der Waals surface area contributed by atoms with Gasteiger partial charge in [0.15, 0.2) is 0 Å². The lowest BCUT2D eigenvalue weighted by molar-refractivity contribution is 0.0697. The van der Waals surface area contributed by atoms with Crippen LogP contribution < -0.4 is 5.56 Å². The molecule has 0 radical (unpaired) electrons. The fourth-order valence-electron chi connectivity index (χ4n) is 2.91. The quantitative estimate of drug-likeness (QED) is 0.615. The van der Waals surface area contributed by atoms with Crippen LogP contribution in [0.25, 0.3) is 28.0 Å². The number of hydrogen-bond acceptors (Lipinski definition) is 3. The minimum absolute atomic E-state index is 0.164. The number of carboxylic acids is 1. The molecule has 0 aliphatic rings. The predicted octanol–water partition coefficient (Wildman–Crippen LogP) is 3.75. The molecule has 26 heavy (non-hydrogen) atoms. The van der Waals surface area contributed by atoms with Crippen LogP contribution >= 0.6 is 0 Å². The summed E-state index contributed by atoms with van der Waals surface area (Å²) in [6.07, 6.45) is 0. The average Bonchev–Trinajstić information content (AvgIpc) is 2.69. The van der Waals surface area contributed by atoms with Gasteiger partial charge in [-0.3, -0.25) is 9.36 Å². The summed E-state index contributed by atoms with van der Waals surface area (Å²) in [5.41, 5.74) is 1.96. The summed E-state index contributed by atoms with van der Waals surface area (Å²) < 4.78 is 1.52. The SMILES string of the molecule is O=C(O)c1ccc(-n2c(-c3ccccc3)nc3ccccc3c2=O)cc1. The number of fused-ring (bicyclic) bond motifs is 1. The van der Waals surface area contributed by atoms with Crippen LogP contribution in [0, 0.1) is 0 Å². The largest absolute Gasteiger partial charge is 0.478 e. The molecule has 0 fully saturated rings. The van der Waals surface area contributed by atoms with E-state index in [2.05, 4.69) is 4.98 Å². The molecule has 0 unspecified atom stereocenters. The number of carbonyl (C=O) groups is 1. The van der Waals surface area contributed by atoms with Gasteiger partial charge >= 0.3 is 5.97 Å². The molecule has 3 aromatic carbocycles. The van der Waals surface area contributed by atoms with Crippen molar-refractivity contribution in [2.24, 2.45) is 0 Å². The highest BCUT2D eigenvalue weighted by molar-refractivity contribution is 5.88. The Labute approximate surface area is 148 Å². The van der Waals surface area contributed by atoms with Gasteiger partial charge in [0.2, 0.25) is 0 Å². The Bertz CT molecular complexity index is 1160. The molecule has 0 bridgehead atoms. The molecular weight excluding hydrogens is 328 g/mol. The van der Waals surface area contributed by atoms with Gasteiger partial charge in [-0.2, -0.15) is 0 Å². The summed E-state index contributed by atoms with van der Waals surface area (Å²) in [4.78, 5) is 28.9. The molecular formula is C21H14N2O3. The van der Waals surface area contributed by atoms with E-state index in [1.807, 2.05) is 36.4 Å². The van der Waals surface area contributed by atoms with Crippen molar-refractivity contribution in [1.82, 2.24) is 9.55 Å². The van der Waals surface area contributed by atoms with Crippen LogP contribution in [0.15, 0.2) is 83.7 Å². The number of benzene rings is 3. The van der Waals surface area contributed by atoms with Gasteiger partial charge in [-0.15, -0.1) is 0 Å². The number of aromatic nitrogens is 2. The molecule has 4 aromatic rings. The summed E-state index contributed by atoms with van der Waals surface area (Å²) in [6.45, 7) is 0. The Hall–Kier alpha value is -3.73. The van der Waals surface area contributed by atoms with Crippen molar-refractivity contribution in [2.75, 3.05) is 0 Å². The maximum absolute atomic E-state index is 13.1. The van der Waals surface area contributed by atoms with Crippen molar-refractivity contribution in [3.63, 3.8) is 0 Å². The average molecular weight is 342 g/mol. The van der Waals surface area contributed by atoms with E-state index in [9.17, 15) is 9.59 Å². The van der Waals surface area contributed by atoms with Crippen molar-refractivity contribution < 1.29 is 9.90 Å². The lowest BCUT2D eigenvalue weighted by Gasteiger charge is -2.14. The Kier molecular flexibility index (Phi) is 3.82. The van der Waals surface area contributed by atoms with E-state index in [0.29, 0.717) is 22.4 Å². The predicted molar refractivity (Wildman–Crippen MR) is 99.7 cm³/mol. The van der Waals surface area contributed by atoms with Gasteiger partial charge in [0.05, 0.1) is 22.2 Å². The van der Waals surface area contributed by atoms with E-state index in [-0.39, 0.29) is 11.1 Å². The van der Waals surface area contributed by atoms with E-state index in [1.54, 1.807) is 30.3 Å². The highest BCUT2D eigenvalue weighted by atomic mass is 16.4. The number of aromatic carboxylic acids is 1. The molecule has 5 nitrogen and oxygen atoms in total. The zero-order chi connectivity index (χ0) is 18.1. The van der Waals surface area contributed by atoms with Crippen molar-refractivity contribution >= 4 is 16.9 Å². The first kappa shape index (κ1) is 15.8. The van der Waals surface area contributed by atoms with Gasteiger partial charge in [-0.05, 0) is 36.4 Å². The van der Waals surface area contributed by atoms with E-state index in [0.717, 1.165) is 5.56 Å². The molecule has 1 N–H and O–H groups in total. The normalized spacial score (nSPS) is 10.8. The molecule has 0 atom stereocenters. The zero-order valence-corrected chi connectivity index (χ0v) is 13.7. The third kappa shape index (κ3) is 2.65. The zero-order valence-electron chi connectivity index (χ0n) is 13.7. The summed E-state index contributed by atoms with van der Waals surface area (Å²) in [5, 5.41) is 9.60. The van der Waals surface area contributed by atoms with E-state index in [4.69, 9.17) is 5.11 Å². The van der Waals surface area contributed by atoms with Crippen LogP contribution in [0.3, 0.4) is 0 Å². The molecule has 0 aliphatic heterocycles. The minimum Gasteiger partial charge on any atom is -0.478 e.